The lowest BCUT2D eigenvalue weighted by Crippen LogP contribution is -2.32. The lowest BCUT2D eigenvalue weighted by atomic mass is 10.1. The van der Waals surface area contributed by atoms with Crippen molar-refractivity contribution in [3.63, 3.8) is 0 Å². The normalized spacial score (nSPS) is 18.2. The second-order valence-corrected chi connectivity index (χ2v) is 4.79. The Kier molecular flexibility index (Phi) is 4.11. The van der Waals surface area contributed by atoms with Crippen LogP contribution >= 0.6 is 11.3 Å². The lowest BCUT2D eigenvalue weighted by Gasteiger charge is -2.22. The summed E-state index contributed by atoms with van der Waals surface area (Å²) in [5, 5.41) is 6.65. The van der Waals surface area contributed by atoms with Crippen LogP contribution in [0.15, 0.2) is 5.38 Å². The molecule has 0 atom stereocenters. The summed E-state index contributed by atoms with van der Waals surface area (Å²) >= 11 is 1.73. The van der Waals surface area contributed by atoms with E-state index < -0.39 is 0 Å². The number of nitrogens with one attached hydrogen (secondary N) is 1. The van der Waals surface area contributed by atoms with Crippen molar-refractivity contribution in [2.24, 2.45) is 0 Å². The first-order chi connectivity index (χ1) is 7.38. The molecule has 84 valence electrons. The summed E-state index contributed by atoms with van der Waals surface area (Å²) in [5.41, 5.74) is 1.09. The van der Waals surface area contributed by atoms with E-state index in [2.05, 4.69) is 22.6 Å². The van der Waals surface area contributed by atoms with E-state index >= 15 is 0 Å². The van der Waals surface area contributed by atoms with Gasteiger partial charge in [-0.2, -0.15) is 0 Å². The van der Waals surface area contributed by atoms with E-state index in [1.54, 1.807) is 11.3 Å². The number of piperidine rings is 1. The maximum absolute atomic E-state index is 5.83. The summed E-state index contributed by atoms with van der Waals surface area (Å²) in [6.45, 7) is 4.99. The van der Waals surface area contributed by atoms with Crippen molar-refractivity contribution in [1.82, 2.24) is 10.3 Å². The Morgan fingerprint density at radius 3 is 3.00 bits per heavy atom. The number of nitrogens with zero attached hydrogens (tertiary/aromatic N) is 1. The van der Waals surface area contributed by atoms with Gasteiger partial charge in [0.1, 0.15) is 0 Å². The Balaban J connectivity index is 1.76. The SMILES string of the molecule is CCc1nc(COC2CCNCC2)cs1. The highest BCUT2D eigenvalue weighted by atomic mass is 32.1. The Hall–Kier alpha value is -0.450. The van der Waals surface area contributed by atoms with E-state index in [4.69, 9.17) is 4.74 Å². The quantitative estimate of drug-likeness (QED) is 0.852. The molecular formula is C11H18N2OS. The molecule has 2 heterocycles. The molecule has 0 spiro atoms. The van der Waals surface area contributed by atoms with Gasteiger partial charge in [-0.25, -0.2) is 4.98 Å². The molecule has 0 aromatic carbocycles. The van der Waals surface area contributed by atoms with Crippen molar-refractivity contribution < 1.29 is 4.74 Å². The van der Waals surface area contributed by atoms with Gasteiger partial charge < -0.3 is 10.1 Å². The molecular weight excluding hydrogens is 208 g/mol. The van der Waals surface area contributed by atoms with Crippen LogP contribution in [0.5, 0.6) is 0 Å². The van der Waals surface area contributed by atoms with Crippen LogP contribution in [0.3, 0.4) is 0 Å². The van der Waals surface area contributed by atoms with Crippen molar-refractivity contribution in [2.75, 3.05) is 13.1 Å². The standard InChI is InChI=1S/C11H18N2OS/c1-2-11-13-9(8-15-11)7-14-10-3-5-12-6-4-10/h8,10,12H,2-7H2,1H3. The predicted molar refractivity (Wildman–Crippen MR) is 62.2 cm³/mol. The lowest BCUT2D eigenvalue weighted by molar-refractivity contribution is 0.0198. The largest absolute Gasteiger partial charge is 0.372 e. The monoisotopic (exact) mass is 226 g/mol. The van der Waals surface area contributed by atoms with Crippen LogP contribution in [0.2, 0.25) is 0 Å². The minimum atomic E-state index is 0.429. The van der Waals surface area contributed by atoms with E-state index in [0.29, 0.717) is 12.7 Å². The Morgan fingerprint density at radius 1 is 1.53 bits per heavy atom. The maximum atomic E-state index is 5.83. The number of hydrogen-bond donors (Lipinski definition) is 1. The molecule has 0 saturated carbocycles. The Morgan fingerprint density at radius 2 is 2.33 bits per heavy atom. The minimum absolute atomic E-state index is 0.429. The average Bonchev–Trinajstić information content (AvgIpc) is 2.76. The van der Waals surface area contributed by atoms with Crippen molar-refractivity contribution in [3.8, 4) is 0 Å². The molecule has 0 bridgehead atoms. The number of rotatable bonds is 4. The fourth-order valence-electron chi connectivity index (χ4n) is 1.74. The molecule has 1 aliphatic rings. The van der Waals surface area contributed by atoms with E-state index in [0.717, 1.165) is 38.0 Å². The highest BCUT2D eigenvalue weighted by molar-refractivity contribution is 7.09. The van der Waals surface area contributed by atoms with E-state index in [9.17, 15) is 0 Å². The smallest absolute Gasteiger partial charge is 0.0926 e. The van der Waals surface area contributed by atoms with Gasteiger partial charge in [0.25, 0.3) is 0 Å². The molecule has 0 amide bonds. The van der Waals surface area contributed by atoms with Gasteiger partial charge in [0, 0.05) is 5.38 Å². The zero-order chi connectivity index (χ0) is 10.5. The first kappa shape index (κ1) is 11.0. The molecule has 15 heavy (non-hydrogen) atoms. The van der Waals surface area contributed by atoms with Crippen LogP contribution in [0, 0.1) is 0 Å². The van der Waals surface area contributed by atoms with Gasteiger partial charge in [-0.05, 0) is 32.4 Å². The average molecular weight is 226 g/mol. The van der Waals surface area contributed by atoms with Crippen LogP contribution in [0.4, 0.5) is 0 Å². The highest BCUT2D eigenvalue weighted by Crippen LogP contribution is 2.14. The van der Waals surface area contributed by atoms with E-state index in [1.807, 2.05) is 0 Å². The Bertz CT molecular complexity index is 295. The second-order valence-electron chi connectivity index (χ2n) is 3.85. The fraction of sp³-hybridized carbons (Fsp3) is 0.727. The third kappa shape index (κ3) is 3.26. The third-order valence-corrected chi connectivity index (χ3v) is 3.70. The molecule has 0 unspecified atom stereocenters. The van der Waals surface area contributed by atoms with Crippen LogP contribution in [0.1, 0.15) is 30.5 Å². The first-order valence-electron chi connectivity index (χ1n) is 5.64. The number of thiazole rings is 1. The maximum Gasteiger partial charge on any atom is 0.0926 e. The van der Waals surface area contributed by atoms with Gasteiger partial charge in [0.15, 0.2) is 0 Å². The topological polar surface area (TPSA) is 34.1 Å². The molecule has 1 aliphatic heterocycles. The molecule has 1 N–H and O–H groups in total. The van der Waals surface area contributed by atoms with Crippen LogP contribution in [0.25, 0.3) is 0 Å². The molecule has 4 heteroatoms. The molecule has 2 rings (SSSR count). The highest BCUT2D eigenvalue weighted by Gasteiger charge is 2.13. The fourth-order valence-corrected chi connectivity index (χ4v) is 2.47. The molecule has 3 nitrogen and oxygen atoms in total. The Labute approximate surface area is 94.9 Å². The van der Waals surface area contributed by atoms with Gasteiger partial charge in [0.05, 0.1) is 23.4 Å². The minimum Gasteiger partial charge on any atom is -0.372 e. The van der Waals surface area contributed by atoms with E-state index in [1.165, 1.54) is 5.01 Å². The van der Waals surface area contributed by atoms with Crippen molar-refractivity contribution >= 4 is 11.3 Å². The number of hydrogen-bond acceptors (Lipinski definition) is 4. The van der Waals surface area contributed by atoms with Crippen molar-refractivity contribution in [2.45, 2.75) is 38.9 Å². The third-order valence-electron chi connectivity index (χ3n) is 2.65. The van der Waals surface area contributed by atoms with Crippen LogP contribution in [-0.4, -0.2) is 24.2 Å². The van der Waals surface area contributed by atoms with Gasteiger partial charge in [-0.1, -0.05) is 6.92 Å². The summed E-state index contributed by atoms with van der Waals surface area (Å²) in [5.74, 6) is 0. The van der Waals surface area contributed by atoms with Gasteiger partial charge in [-0.15, -0.1) is 11.3 Å². The summed E-state index contributed by atoms with van der Waals surface area (Å²) in [6, 6.07) is 0. The molecule has 1 aromatic heterocycles. The molecule has 1 saturated heterocycles. The molecule has 0 aliphatic carbocycles. The van der Waals surface area contributed by atoms with Crippen molar-refractivity contribution in [3.05, 3.63) is 16.1 Å². The zero-order valence-corrected chi connectivity index (χ0v) is 9.98. The van der Waals surface area contributed by atoms with Crippen LogP contribution in [-0.2, 0) is 17.8 Å². The molecule has 1 fully saturated rings. The number of aromatic nitrogens is 1. The summed E-state index contributed by atoms with van der Waals surface area (Å²) in [7, 11) is 0. The number of ether oxygens (including phenoxy) is 1. The first-order valence-corrected chi connectivity index (χ1v) is 6.52. The molecule has 1 aromatic rings. The second kappa shape index (κ2) is 5.58. The van der Waals surface area contributed by atoms with E-state index in [-0.39, 0.29) is 0 Å². The van der Waals surface area contributed by atoms with Gasteiger partial charge in [-0.3, -0.25) is 0 Å². The summed E-state index contributed by atoms with van der Waals surface area (Å²) in [6.07, 6.45) is 3.71. The molecule has 0 radical (unpaired) electrons. The zero-order valence-electron chi connectivity index (χ0n) is 9.16. The summed E-state index contributed by atoms with van der Waals surface area (Å²) in [4.78, 5) is 4.49. The van der Waals surface area contributed by atoms with Crippen molar-refractivity contribution in [1.29, 1.82) is 0 Å². The van der Waals surface area contributed by atoms with Crippen LogP contribution < -0.4 is 5.32 Å². The summed E-state index contributed by atoms with van der Waals surface area (Å²) < 4.78 is 5.83. The van der Waals surface area contributed by atoms with Gasteiger partial charge >= 0.3 is 0 Å². The predicted octanol–water partition coefficient (Wildman–Crippen LogP) is 1.97. The number of aryl methyl sites for hydroxylation is 1. The van der Waals surface area contributed by atoms with Gasteiger partial charge in [0.2, 0.25) is 0 Å².